The van der Waals surface area contributed by atoms with Crippen LogP contribution in [0, 0.1) is 12.7 Å². The molecule has 0 spiro atoms. The number of rotatable bonds is 10. The number of anilines is 2. The van der Waals surface area contributed by atoms with Crippen molar-refractivity contribution in [3.8, 4) is 17.1 Å². The summed E-state index contributed by atoms with van der Waals surface area (Å²) in [5.41, 5.74) is 4.15. The van der Waals surface area contributed by atoms with Crippen LogP contribution in [-0.4, -0.2) is 101 Å². The number of benzene rings is 2. The molecule has 2 atom stereocenters. The zero-order valence-corrected chi connectivity index (χ0v) is 33.0. The number of aryl methyl sites for hydroxylation is 1. The van der Waals surface area contributed by atoms with Crippen molar-refractivity contribution in [3.63, 3.8) is 0 Å². The van der Waals surface area contributed by atoms with Gasteiger partial charge in [0.1, 0.15) is 13.2 Å². The number of aliphatic hydroxyl groups is 1. The minimum atomic E-state index is -1.93. The molecule has 0 saturated carbocycles. The van der Waals surface area contributed by atoms with Gasteiger partial charge in [-0.15, -0.1) is 0 Å². The van der Waals surface area contributed by atoms with Crippen molar-refractivity contribution in [1.82, 2.24) is 19.8 Å². The van der Waals surface area contributed by atoms with E-state index in [1.54, 1.807) is 17.6 Å². The maximum absolute atomic E-state index is 15.7. The highest BCUT2D eigenvalue weighted by Gasteiger charge is 2.45. The van der Waals surface area contributed by atoms with Gasteiger partial charge in [-0.2, -0.15) is 0 Å². The number of carbonyl (C=O) groups is 2. The lowest BCUT2D eigenvalue weighted by atomic mass is 9.86. The van der Waals surface area contributed by atoms with E-state index in [0.29, 0.717) is 29.1 Å². The number of esters is 1. The molecule has 4 aliphatic rings. The lowest BCUT2D eigenvalue weighted by Gasteiger charge is -2.42. The van der Waals surface area contributed by atoms with Gasteiger partial charge in [0.25, 0.3) is 5.56 Å². The number of halogens is 1. The highest BCUT2D eigenvalue weighted by molar-refractivity contribution is 6.01. The van der Waals surface area contributed by atoms with Crippen LogP contribution in [0.1, 0.15) is 61.9 Å². The Kier molecular flexibility index (Phi) is 9.67. The summed E-state index contributed by atoms with van der Waals surface area (Å²) in [6, 6.07) is 11.2. The number of carbonyl (C=O) groups excluding carboxylic acids is 2. The summed E-state index contributed by atoms with van der Waals surface area (Å²) < 4.78 is 29.4. The molecule has 1 saturated heterocycles. The number of ether oxygens (including phenoxy) is 2. The van der Waals surface area contributed by atoms with Gasteiger partial charge in [0.15, 0.2) is 23.9 Å². The highest BCUT2D eigenvalue weighted by atomic mass is 19.1. The lowest BCUT2D eigenvalue weighted by molar-refractivity contribution is -0.926. The zero-order valence-electron chi connectivity index (χ0n) is 33.0. The molecular weight excluding hydrogens is 718 g/mol. The Balaban J connectivity index is 0.957. The largest absolute Gasteiger partial charge is 0.468 e. The summed E-state index contributed by atoms with van der Waals surface area (Å²) in [5, 5.41) is 18.3. The second kappa shape index (κ2) is 14.2. The average molecular weight is 769 g/mol. The molecular formula is C42H51FN7O6+. The number of piperazine rings is 1. The van der Waals surface area contributed by atoms with Gasteiger partial charge in [-0.05, 0) is 44.0 Å². The first-order chi connectivity index (χ1) is 26.7. The molecule has 2 aromatic heterocycles. The molecule has 0 aliphatic carbocycles. The maximum atomic E-state index is 15.7. The van der Waals surface area contributed by atoms with Gasteiger partial charge in [0, 0.05) is 66.1 Å². The quantitative estimate of drug-likeness (QED) is 0.141. The van der Waals surface area contributed by atoms with Crippen LogP contribution in [0.5, 0.6) is 5.75 Å². The first-order valence-electron chi connectivity index (χ1n) is 19.6. The number of cyclic esters (lactones) is 1. The minimum Gasteiger partial charge on any atom is -0.468 e. The number of nitrogens with one attached hydrogen (secondary N) is 2. The standard InChI is InChI=1S/C42H50FN7O6/c1-7-42(54)31-18-34-36-29(20-49(34)40(52)30(31)22-55-41(42)53)25(4)35-33(46-36)19-32(43)38-37(35)48(23-56-38)13-12-47-14-16-50(6,17-15-47)21-27-8-10-28(11-9-27)45-39(51)26(5)44-24(2)3/h8-11,18-19,24,26,44,54H,7,12-17,20-23H2,1-6H3/p+1/t26-,42-/m0/s1. The van der Waals surface area contributed by atoms with Gasteiger partial charge >= 0.3 is 5.97 Å². The number of fused-ring (bicyclic) bond motifs is 7. The van der Waals surface area contributed by atoms with Crippen LogP contribution in [-0.2, 0) is 39.6 Å². The number of nitrogens with zero attached hydrogens (tertiary/aromatic N) is 5. The zero-order chi connectivity index (χ0) is 39.7. The van der Waals surface area contributed by atoms with E-state index in [1.165, 1.54) is 11.6 Å². The van der Waals surface area contributed by atoms with Crippen LogP contribution in [0.3, 0.4) is 0 Å². The Morgan fingerprint density at radius 1 is 1.07 bits per heavy atom. The van der Waals surface area contributed by atoms with E-state index in [9.17, 15) is 19.5 Å². The third-order valence-electron chi connectivity index (χ3n) is 12.2. The van der Waals surface area contributed by atoms with E-state index in [-0.39, 0.29) is 66.7 Å². The van der Waals surface area contributed by atoms with Crippen LogP contribution in [0.25, 0.3) is 22.3 Å². The van der Waals surface area contributed by atoms with E-state index in [0.717, 1.165) is 66.0 Å². The summed E-state index contributed by atoms with van der Waals surface area (Å²) in [4.78, 5) is 48.4. The SMILES string of the molecule is CC[C@@]1(O)C(=O)OCc2c1cc1n(c2=O)Cc2c-1nc1cc(F)c3c(c1c2C)N(CCN1CC[N+](C)(Cc2ccc(NC(=O)[C@H](C)NC(C)C)cc2)CC1)CO3. The van der Waals surface area contributed by atoms with Crippen LogP contribution >= 0.6 is 0 Å². The first kappa shape index (κ1) is 38.0. The summed E-state index contributed by atoms with van der Waals surface area (Å²) in [6.07, 6.45) is 0.0517. The lowest BCUT2D eigenvalue weighted by Crippen LogP contribution is -2.57. The Morgan fingerprint density at radius 3 is 2.50 bits per heavy atom. The predicted molar refractivity (Wildman–Crippen MR) is 211 cm³/mol. The number of amides is 1. The topological polar surface area (TPSA) is 138 Å². The van der Waals surface area contributed by atoms with Gasteiger partial charge in [-0.25, -0.2) is 14.2 Å². The molecule has 4 aromatic rings. The van der Waals surface area contributed by atoms with E-state index >= 15 is 4.39 Å². The minimum absolute atomic E-state index is 0.0511. The third-order valence-corrected chi connectivity index (χ3v) is 12.2. The number of hydrogen-bond donors (Lipinski definition) is 3. The van der Waals surface area contributed by atoms with E-state index in [1.807, 2.05) is 39.8 Å². The Labute approximate surface area is 325 Å². The highest BCUT2D eigenvalue weighted by Crippen LogP contribution is 2.47. The predicted octanol–water partition coefficient (Wildman–Crippen LogP) is 3.97. The fraction of sp³-hybridized carbons (Fsp3) is 0.476. The fourth-order valence-electron chi connectivity index (χ4n) is 8.81. The Hall–Kier alpha value is -4.89. The smallest absolute Gasteiger partial charge is 0.343 e. The number of pyridine rings is 2. The number of quaternary nitrogens is 1. The van der Waals surface area contributed by atoms with Crippen molar-refractivity contribution in [3.05, 3.63) is 80.4 Å². The molecule has 14 heteroatoms. The number of hydrogen-bond acceptors (Lipinski definition) is 10. The van der Waals surface area contributed by atoms with Gasteiger partial charge in [0.2, 0.25) is 5.91 Å². The van der Waals surface area contributed by atoms with Gasteiger partial charge in [-0.3, -0.25) is 14.5 Å². The molecule has 56 heavy (non-hydrogen) atoms. The monoisotopic (exact) mass is 768 g/mol. The van der Waals surface area contributed by atoms with E-state index < -0.39 is 17.4 Å². The summed E-state index contributed by atoms with van der Waals surface area (Å²) in [7, 11) is 2.29. The van der Waals surface area contributed by atoms with Crippen molar-refractivity contribution in [2.45, 2.75) is 78.4 Å². The maximum Gasteiger partial charge on any atom is 0.343 e. The van der Waals surface area contributed by atoms with Gasteiger partial charge in [0.05, 0.1) is 60.9 Å². The molecule has 0 unspecified atom stereocenters. The molecule has 0 bridgehead atoms. The van der Waals surface area contributed by atoms with Crippen molar-refractivity contribution in [2.24, 2.45) is 0 Å². The van der Waals surface area contributed by atoms with Crippen LogP contribution in [0.15, 0.2) is 41.2 Å². The molecule has 2 aromatic carbocycles. The van der Waals surface area contributed by atoms with E-state index in [4.69, 9.17) is 14.5 Å². The van der Waals surface area contributed by atoms with Gasteiger partial charge < -0.3 is 39.2 Å². The van der Waals surface area contributed by atoms with Crippen LogP contribution in [0.4, 0.5) is 15.8 Å². The summed E-state index contributed by atoms with van der Waals surface area (Å²) in [5.74, 6) is -1.11. The van der Waals surface area contributed by atoms with Gasteiger partial charge in [-0.1, -0.05) is 32.9 Å². The summed E-state index contributed by atoms with van der Waals surface area (Å²) in [6.45, 7) is 16.0. The molecule has 6 heterocycles. The second-order valence-electron chi connectivity index (χ2n) is 16.4. The molecule has 0 radical (unpaired) electrons. The molecule has 4 aliphatic heterocycles. The van der Waals surface area contributed by atoms with E-state index in [2.05, 4.69) is 39.6 Å². The molecule has 8 rings (SSSR count). The average Bonchev–Trinajstić information content (AvgIpc) is 3.76. The Bertz CT molecular complexity index is 2300. The second-order valence-corrected chi connectivity index (χ2v) is 16.4. The molecule has 1 fully saturated rings. The van der Waals surface area contributed by atoms with Crippen LogP contribution in [0.2, 0.25) is 0 Å². The molecule has 1 amide bonds. The van der Waals surface area contributed by atoms with Crippen LogP contribution < -0.4 is 25.8 Å². The molecule has 296 valence electrons. The molecule has 13 nitrogen and oxygen atoms in total. The number of aromatic nitrogens is 2. The normalized spacial score (nSPS) is 20.3. The summed E-state index contributed by atoms with van der Waals surface area (Å²) >= 11 is 0. The fourth-order valence-corrected chi connectivity index (χ4v) is 8.81. The Morgan fingerprint density at radius 2 is 1.80 bits per heavy atom. The third kappa shape index (κ3) is 6.51. The molecule has 3 N–H and O–H groups in total. The van der Waals surface area contributed by atoms with Crippen molar-refractivity contribution < 1.29 is 33.0 Å². The number of likely N-dealkylation sites (N-methyl/N-ethyl adjacent to an activating group) is 1. The first-order valence-corrected chi connectivity index (χ1v) is 19.6. The van der Waals surface area contributed by atoms with Crippen molar-refractivity contribution in [1.29, 1.82) is 0 Å². The van der Waals surface area contributed by atoms with Crippen molar-refractivity contribution in [2.75, 3.05) is 63.3 Å². The van der Waals surface area contributed by atoms with Crippen molar-refractivity contribution >= 4 is 34.2 Å².